The lowest BCUT2D eigenvalue weighted by molar-refractivity contribution is 0.308. The average molecular weight is 289 g/mol. The molecule has 0 aromatic carbocycles. The third kappa shape index (κ3) is 11.1. The van der Waals surface area contributed by atoms with E-state index in [1.807, 2.05) is 11.8 Å². The SMILES string of the molecule is CCNC(=NCCCCSC)NCCN(CC)CC. The fourth-order valence-corrected chi connectivity index (χ4v) is 2.26. The van der Waals surface area contributed by atoms with Gasteiger partial charge in [0.2, 0.25) is 0 Å². The van der Waals surface area contributed by atoms with E-state index in [2.05, 4.69) is 47.6 Å². The molecule has 0 aromatic rings. The van der Waals surface area contributed by atoms with E-state index in [1.165, 1.54) is 18.6 Å². The molecule has 0 rings (SSSR count). The highest BCUT2D eigenvalue weighted by atomic mass is 32.2. The Morgan fingerprint density at radius 3 is 2.42 bits per heavy atom. The lowest BCUT2D eigenvalue weighted by Crippen LogP contribution is -2.41. The molecule has 0 saturated heterocycles. The number of unbranched alkanes of at least 4 members (excludes halogenated alkanes) is 1. The van der Waals surface area contributed by atoms with E-state index in [0.29, 0.717) is 0 Å². The van der Waals surface area contributed by atoms with Crippen LogP contribution in [0.5, 0.6) is 0 Å². The number of aliphatic imine (C=N–C) groups is 1. The zero-order chi connectivity index (χ0) is 14.3. The van der Waals surface area contributed by atoms with Gasteiger partial charge < -0.3 is 15.5 Å². The molecule has 0 aliphatic carbocycles. The predicted molar refractivity (Wildman–Crippen MR) is 89.4 cm³/mol. The van der Waals surface area contributed by atoms with E-state index in [9.17, 15) is 0 Å². The summed E-state index contributed by atoms with van der Waals surface area (Å²) in [5, 5.41) is 6.70. The Morgan fingerprint density at radius 1 is 1.11 bits per heavy atom. The van der Waals surface area contributed by atoms with Crippen molar-refractivity contribution in [3.05, 3.63) is 0 Å². The van der Waals surface area contributed by atoms with Gasteiger partial charge in [-0.3, -0.25) is 4.99 Å². The van der Waals surface area contributed by atoms with Crippen LogP contribution >= 0.6 is 11.8 Å². The highest BCUT2D eigenvalue weighted by molar-refractivity contribution is 7.98. The van der Waals surface area contributed by atoms with Crippen LogP contribution in [0.4, 0.5) is 0 Å². The highest BCUT2D eigenvalue weighted by Crippen LogP contribution is 1.98. The first kappa shape index (κ1) is 18.6. The number of hydrogen-bond donors (Lipinski definition) is 2. The summed E-state index contributed by atoms with van der Waals surface area (Å²) in [6.07, 6.45) is 4.58. The van der Waals surface area contributed by atoms with Crippen LogP contribution in [-0.4, -0.2) is 62.1 Å². The molecule has 19 heavy (non-hydrogen) atoms. The van der Waals surface area contributed by atoms with Gasteiger partial charge in [-0.1, -0.05) is 13.8 Å². The number of likely N-dealkylation sites (N-methyl/N-ethyl adjacent to an activating group) is 1. The van der Waals surface area contributed by atoms with Crippen molar-refractivity contribution < 1.29 is 0 Å². The van der Waals surface area contributed by atoms with Crippen molar-refractivity contribution in [2.24, 2.45) is 4.99 Å². The maximum atomic E-state index is 4.60. The smallest absolute Gasteiger partial charge is 0.191 e. The van der Waals surface area contributed by atoms with Gasteiger partial charge in [0, 0.05) is 26.2 Å². The first-order valence-corrected chi connectivity index (χ1v) is 8.91. The van der Waals surface area contributed by atoms with Crippen molar-refractivity contribution in [1.29, 1.82) is 0 Å². The first-order valence-electron chi connectivity index (χ1n) is 7.51. The van der Waals surface area contributed by atoms with Crippen LogP contribution in [0.1, 0.15) is 33.6 Å². The van der Waals surface area contributed by atoms with Crippen molar-refractivity contribution in [1.82, 2.24) is 15.5 Å². The second-order valence-corrected chi connectivity index (χ2v) is 5.40. The molecule has 0 bridgehead atoms. The third-order valence-corrected chi connectivity index (χ3v) is 3.68. The Balaban J connectivity index is 3.86. The summed E-state index contributed by atoms with van der Waals surface area (Å²) >= 11 is 1.91. The Bertz CT molecular complexity index is 217. The van der Waals surface area contributed by atoms with Gasteiger partial charge in [-0.2, -0.15) is 11.8 Å². The Labute approximate surface area is 123 Å². The van der Waals surface area contributed by atoms with E-state index in [0.717, 1.165) is 45.2 Å². The van der Waals surface area contributed by atoms with Gasteiger partial charge in [-0.15, -0.1) is 0 Å². The molecule has 0 aromatic heterocycles. The zero-order valence-electron chi connectivity index (χ0n) is 13.2. The number of rotatable bonds is 11. The molecule has 2 N–H and O–H groups in total. The molecule has 0 unspecified atom stereocenters. The highest BCUT2D eigenvalue weighted by Gasteiger charge is 2.00. The summed E-state index contributed by atoms with van der Waals surface area (Å²) in [5.41, 5.74) is 0. The van der Waals surface area contributed by atoms with Crippen LogP contribution in [-0.2, 0) is 0 Å². The van der Waals surface area contributed by atoms with E-state index >= 15 is 0 Å². The summed E-state index contributed by atoms with van der Waals surface area (Å²) in [6.45, 7) is 12.6. The molecular formula is C14H32N4S. The lowest BCUT2D eigenvalue weighted by atomic mass is 10.3. The van der Waals surface area contributed by atoms with Crippen molar-refractivity contribution in [2.45, 2.75) is 33.6 Å². The molecule has 0 fully saturated rings. The van der Waals surface area contributed by atoms with Crippen molar-refractivity contribution >= 4 is 17.7 Å². The molecule has 0 heterocycles. The van der Waals surface area contributed by atoms with Gasteiger partial charge in [-0.05, 0) is 44.9 Å². The second kappa shape index (κ2) is 14.0. The Morgan fingerprint density at radius 2 is 1.84 bits per heavy atom. The van der Waals surface area contributed by atoms with E-state index in [1.54, 1.807) is 0 Å². The van der Waals surface area contributed by atoms with Crippen molar-refractivity contribution in [3.63, 3.8) is 0 Å². The molecule has 114 valence electrons. The predicted octanol–water partition coefficient (Wildman–Crippen LogP) is 2.03. The molecule has 0 amide bonds. The largest absolute Gasteiger partial charge is 0.357 e. The maximum absolute atomic E-state index is 4.60. The van der Waals surface area contributed by atoms with Crippen LogP contribution in [0.2, 0.25) is 0 Å². The number of thioether (sulfide) groups is 1. The van der Waals surface area contributed by atoms with Gasteiger partial charge >= 0.3 is 0 Å². The van der Waals surface area contributed by atoms with Gasteiger partial charge in [0.1, 0.15) is 0 Å². The first-order chi connectivity index (χ1) is 9.28. The fraction of sp³-hybridized carbons (Fsp3) is 0.929. The van der Waals surface area contributed by atoms with Crippen LogP contribution in [0.15, 0.2) is 4.99 Å². The van der Waals surface area contributed by atoms with Crippen molar-refractivity contribution in [3.8, 4) is 0 Å². The molecule has 5 heteroatoms. The topological polar surface area (TPSA) is 39.7 Å². The molecule has 0 atom stereocenters. The van der Waals surface area contributed by atoms with Crippen LogP contribution in [0.3, 0.4) is 0 Å². The standard InChI is InChI=1S/C14H32N4S/c1-5-15-14(16-10-8-9-13-19-4)17-11-12-18(6-2)7-3/h5-13H2,1-4H3,(H2,15,16,17). The third-order valence-electron chi connectivity index (χ3n) is 2.99. The zero-order valence-corrected chi connectivity index (χ0v) is 14.0. The Hall–Kier alpha value is -0.420. The van der Waals surface area contributed by atoms with Crippen molar-refractivity contribution in [2.75, 3.05) is 51.3 Å². The van der Waals surface area contributed by atoms with Crippen LogP contribution in [0.25, 0.3) is 0 Å². The van der Waals surface area contributed by atoms with E-state index < -0.39 is 0 Å². The van der Waals surface area contributed by atoms with E-state index in [-0.39, 0.29) is 0 Å². The minimum Gasteiger partial charge on any atom is -0.357 e. The van der Waals surface area contributed by atoms with E-state index in [4.69, 9.17) is 0 Å². The summed E-state index contributed by atoms with van der Waals surface area (Å²) in [4.78, 5) is 7.01. The monoisotopic (exact) mass is 288 g/mol. The number of hydrogen-bond acceptors (Lipinski definition) is 3. The summed E-state index contributed by atoms with van der Waals surface area (Å²) in [7, 11) is 0. The number of nitrogens with zero attached hydrogens (tertiary/aromatic N) is 2. The Kier molecular flexibility index (Phi) is 13.7. The van der Waals surface area contributed by atoms with Crippen LogP contribution < -0.4 is 10.6 Å². The van der Waals surface area contributed by atoms with Crippen LogP contribution in [0, 0.1) is 0 Å². The number of guanidine groups is 1. The minimum absolute atomic E-state index is 0.918. The van der Waals surface area contributed by atoms with Gasteiger partial charge in [0.25, 0.3) is 0 Å². The molecule has 0 aliphatic rings. The molecule has 0 aliphatic heterocycles. The summed E-state index contributed by atoms with van der Waals surface area (Å²) < 4.78 is 0. The summed E-state index contributed by atoms with van der Waals surface area (Å²) in [5.74, 6) is 2.19. The molecular weight excluding hydrogens is 256 g/mol. The molecule has 4 nitrogen and oxygen atoms in total. The van der Waals surface area contributed by atoms with Gasteiger partial charge in [0.15, 0.2) is 5.96 Å². The number of nitrogens with one attached hydrogen (secondary N) is 2. The minimum atomic E-state index is 0.918. The fourth-order valence-electron chi connectivity index (χ4n) is 1.76. The average Bonchev–Trinajstić information content (AvgIpc) is 2.43. The summed E-state index contributed by atoms with van der Waals surface area (Å²) in [6, 6.07) is 0. The van der Waals surface area contributed by atoms with Gasteiger partial charge in [-0.25, -0.2) is 0 Å². The maximum Gasteiger partial charge on any atom is 0.191 e. The normalized spacial score (nSPS) is 11.9. The van der Waals surface area contributed by atoms with Gasteiger partial charge in [0.05, 0.1) is 0 Å². The second-order valence-electron chi connectivity index (χ2n) is 4.41. The lowest BCUT2D eigenvalue weighted by Gasteiger charge is -2.19. The molecule has 0 radical (unpaired) electrons. The molecule has 0 saturated carbocycles. The molecule has 0 spiro atoms. The quantitative estimate of drug-likeness (QED) is 0.347.